The van der Waals surface area contributed by atoms with E-state index in [0.29, 0.717) is 12.3 Å². The number of hydrogen-bond acceptors (Lipinski definition) is 3. The van der Waals surface area contributed by atoms with Gasteiger partial charge < -0.3 is 9.32 Å². The first-order valence-corrected chi connectivity index (χ1v) is 5.49. The predicted molar refractivity (Wildman–Crippen MR) is 61.3 cm³/mol. The van der Waals surface area contributed by atoms with Crippen LogP contribution in [-0.4, -0.2) is 23.1 Å². The van der Waals surface area contributed by atoms with Crippen molar-refractivity contribution in [3.8, 4) is 0 Å². The normalized spacial score (nSPS) is 16.1. The number of Topliss-reactive ketones (excluding diaryl/α,β-unsaturated/α-hetero) is 1. The van der Waals surface area contributed by atoms with Crippen LogP contribution in [0.5, 0.6) is 0 Å². The maximum absolute atomic E-state index is 11.5. The fourth-order valence-corrected chi connectivity index (χ4v) is 2.08. The largest absolute Gasteiger partial charge is 0.459 e. The van der Waals surface area contributed by atoms with Gasteiger partial charge in [0.2, 0.25) is 5.91 Å². The number of carbonyl (C=O) groups excluding carboxylic acids is 2. The standard InChI is InChI=1S/C13H11NO3/c15-10-6-13(16)14(7-10)8-11-5-9-3-1-2-4-12(9)17-11/h1-5H,6-8H2. The van der Waals surface area contributed by atoms with E-state index in [0.717, 1.165) is 11.0 Å². The molecule has 0 bridgehead atoms. The minimum atomic E-state index is -0.115. The van der Waals surface area contributed by atoms with Crippen LogP contribution in [0.25, 0.3) is 11.0 Å². The van der Waals surface area contributed by atoms with Crippen molar-refractivity contribution in [3.05, 3.63) is 36.1 Å². The summed E-state index contributed by atoms with van der Waals surface area (Å²) in [6, 6.07) is 9.59. The van der Waals surface area contributed by atoms with Crippen LogP contribution < -0.4 is 0 Å². The third kappa shape index (κ3) is 1.82. The van der Waals surface area contributed by atoms with E-state index in [1.807, 2.05) is 30.3 Å². The van der Waals surface area contributed by atoms with Gasteiger partial charge in [-0.05, 0) is 12.1 Å². The molecule has 1 aliphatic heterocycles. The lowest BCUT2D eigenvalue weighted by atomic mass is 10.2. The topological polar surface area (TPSA) is 50.5 Å². The first-order valence-electron chi connectivity index (χ1n) is 5.49. The van der Waals surface area contributed by atoms with Crippen LogP contribution >= 0.6 is 0 Å². The van der Waals surface area contributed by atoms with Crippen LogP contribution in [0.3, 0.4) is 0 Å². The number of amides is 1. The highest BCUT2D eigenvalue weighted by atomic mass is 16.3. The number of furan rings is 1. The Kier molecular flexibility index (Phi) is 2.21. The quantitative estimate of drug-likeness (QED) is 0.737. The average molecular weight is 229 g/mol. The minimum Gasteiger partial charge on any atom is -0.459 e. The zero-order valence-electron chi connectivity index (χ0n) is 9.18. The molecule has 86 valence electrons. The Morgan fingerprint density at radius 3 is 2.76 bits per heavy atom. The van der Waals surface area contributed by atoms with E-state index in [-0.39, 0.29) is 24.7 Å². The lowest BCUT2D eigenvalue weighted by molar-refractivity contribution is -0.128. The molecule has 0 N–H and O–H groups in total. The summed E-state index contributed by atoms with van der Waals surface area (Å²) in [4.78, 5) is 24.1. The molecule has 1 saturated heterocycles. The van der Waals surface area contributed by atoms with Crippen molar-refractivity contribution in [2.45, 2.75) is 13.0 Å². The Morgan fingerprint density at radius 2 is 2.06 bits per heavy atom. The number of fused-ring (bicyclic) bond motifs is 1. The van der Waals surface area contributed by atoms with Gasteiger partial charge in [-0.3, -0.25) is 9.59 Å². The third-order valence-electron chi connectivity index (χ3n) is 2.89. The Balaban J connectivity index is 1.85. The zero-order chi connectivity index (χ0) is 11.8. The molecule has 0 aliphatic carbocycles. The summed E-state index contributed by atoms with van der Waals surface area (Å²) < 4.78 is 5.61. The van der Waals surface area contributed by atoms with Gasteiger partial charge in [0.25, 0.3) is 0 Å². The zero-order valence-corrected chi connectivity index (χ0v) is 9.18. The third-order valence-corrected chi connectivity index (χ3v) is 2.89. The Hall–Kier alpha value is -2.10. The maximum Gasteiger partial charge on any atom is 0.230 e. The summed E-state index contributed by atoms with van der Waals surface area (Å²) in [5.74, 6) is 0.579. The van der Waals surface area contributed by atoms with E-state index in [4.69, 9.17) is 4.42 Å². The predicted octanol–water partition coefficient (Wildman–Crippen LogP) is 1.73. The van der Waals surface area contributed by atoms with Crippen LogP contribution in [0.1, 0.15) is 12.2 Å². The van der Waals surface area contributed by atoms with Gasteiger partial charge in [0.15, 0.2) is 5.78 Å². The molecule has 2 aromatic rings. The summed E-state index contributed by atoms with van der Waals surface area (Å²) in [6.45, 7) is 0.579. The molecule has 17 heavy (non-hydrogen) atoms. The molecule has 2 heterocycles. The molecule has 0 unspecified atom stereocenters. The van der Waals surface area contributed by atoms with Crippen LogP contribution in [0.15, 0.2) is 34.7 Å². The van der Waals surface area contributed by atoms with Gasteiger partial charge in [0.1, 0.15) is 11.3 Å². The van der Waals surface area contributed by atoms with Crippen molar-refractivity contribution in [2.24, 2.45) is 0 Å². The molecule has 1 aromatic carbocycles. The number of carbonyl (C=O) groups is 2. The summed E-state index contributed by atoms with van der Waals surface area (Å²) >= 11 is 0. The highest BCUT2D eigenvalue weighted by Crippen LogP contribution is 2.21. The van der Waals surface area contributed by atoms with E-state index in [1.165, 1.54) is 4.90 Å². The average Bonchev–Trinajstić information content (AvgIpc) is 2.82. The van der Waals surface area contributed by atoms with Crippen molar-refractivity contribution in [3.63, 3.8) is 0 Å². The van der Waals surface area contributed by atoms with Gasteiger partial charge in [-0.2, -0.15) is 0 Å². The molecule has 1 amide bonds. The fourth-order valence-electron chi connectivity index (χ4n) is 2.08. The van der Waals surface area contributed by atoms with Crippen molar-refractivity contribution in [2.75, 3.05) is 6.54 Å². The molecule has 0 atom stereocenters. The highest BCUT2D eigenvalue weighted by molar-refractivity contribution is 6.05. The fraction of sp³-hybridized carbons (Fsp3) is 0.231. The Morgan fingerprint density at radius 1 is 1.24 bits per heavy atom. The molecule has 0 spiro atoms. The number of nitrogens with zero attached hydrogens (tertiary/aromatic N) is 1. The monoisotopic (exact) mass is 229 g/mol. The Bertz CT molecular complexity index is 566. The van der Waals surface area contributed by atoms with Crippen molar-refractivity contribution in [1.29, 1.82) is 0 Å². The van der Waals surface area contributed by atoms with E-state index in [2.05, 4.69) is 0 Å². The van der Waals surface area contributed by atoms with Crippen molar-refractivity contribution in [1.82, 2.24) is 4.90 Å². The number of ketones is 1. The van der Waals surface area contributed by atoms with Crippen LogP contribution in [0.4, 0.5) is 0 Å². The molecular formula is C13H11NO3. The first kappa shape index (κ1) is 10.1. The second kappa shape index (κ2) is 3.73. The second-order valence-corrected chi connectivity index (χ2v) is 4.22. The van der Waals surface area contributed by atoms with Crippen molar-refractivity contribution >= 4 is 22.7 Å². The maximum atomic E-state index is 11.5. The molecule has 4 heteroatoms. The smallest absolute Gasteiger partial charge is 0.230 e. The number of benzene rings is 1. The van der Waals surface area contributed by atoms with Crippen LogP contribution in [0.2, 0.25) is 0 Å². The molecule has 1 aliphatic rings. The van der Waals surface area contributed by atoms with Gasteiger partial charge in [0.05, 0.1) is 19.5 Å². The Labute approximate surface area is 97.8 Å². The molecule has 0 radical (unpaired) electrons. The number of likely N-dealkylation sites (tertiary alicyclic amines) is 1. The van der Waals surface area contributed by atoms with Gasteiger partial charge >= 0.3 is 0 Å². The summed E-state index contributed by atoms with van der Waals surface area (Å²) in [5.41, 5.74) is 0.806. The van der Waals surface area contributed by atoms with E-state index in [1.54, 1.807) is 0 Å². The molecule has 1 aromatic heterocycles. The first-order chi connectivity index (χ1) is 8.22. The summed E-state index contributed by atoms with van der Waals surface area (Å²) in [7, 11) is 0. The van der Waals surface area contributed by atoms with E-state index >= 15 is 0 Å². The second-order valence-electron chi connectivity index (χ2n) is 4.22. The van der Waals surface area contributed by atoms with Gasteiger partial charge in [-0.15, -0.1) is 0 Å². The van der Waals surface area contributed by atoms with E-state index in [9.17, 15) is 9.59 Å². The summed E-state index contributed by atoms with van der Waals surface area (Å²) in [5, 5.41) is 1.01. The lowest BCUT2D eigenvalue weighted by Gasteiger charge is -2.11. The summed E-state index contributed by atoms with van der Waals surface area (Å²) in [6.07, 6.45) is 0.0280. The molecule has 3 rings (SSSR count). The number of hydrogen-bond donors (Lipinski definition) is 0. The van der Waals surface area contributed by atoms with Crippen molar-refractivity contribution < 1.29 is 14.0 Å². The highest BCUT2D eigenvalue weighted by Gasteiger charge is 2.27. The van der Waals surface area contributed by atoms with Gasteiger partial charge in [-0.1, -0.05) is 18.2 Å². The minimum absolute atomic E-state index is 0.0221. The lowest BCUT2D eigenvalue weighted by Crippen LogP contribution is -2.24. The van der Waals surface area contributed by atoms with E-state index < -0.39 is 0 Å². The molecule has 0 saturated carbocycles. The van der Waals surface area contributed by atoms with Gasteiger partial charge in [0, 0.05) is 5.39 Å². The van der Waals surface area contributed by atoms with Crippen LogP contribution in [-0.2, 0) is 16.1 Å². The molecule has 4 nitrogen and oxygen atoms in total. The van der Waals surface area contributed by atoms with Gasteiger partial charge in [-0.25, -0.2) is 0 Å². The number of rotatable bonds is 2. The number of para-hydroxylation sites is 1. The van der Waals surface area contributed by atoms with Crippen LogP contribution in [0, 0.1) is 0 Å². The SMILES string of the molecule is O=C1CC(=O)N(Cc2cc3ccccc3o2)C1. The molecule has 1 fully saturated rings. The molecular weight excluding hydrogens is 218 g/mol.